The molecule has 0 saturated carbocycles. The second-order valence-electron chi connectivity index (χ2n) is 3.20. The Labute approximate surface area is 81.6 Å². The van der Waals surface area contributed by atoms with Crippen LogP contribution in [0.4, 0.5) is 0 Å². The minimum atomic E-state index is -1.41. The van der Waals surface area contributed by atoms with Crippen LogP contribution in [0.3, 0.4) is 0 Å². The van der Waals surface area contributed by atoms with Crippen LogP contribution in [-0.2, 0) is 10.3 Å². The first-order chi connectivity index (χ1) is 6.48. The third-order valence-electron chi connectivity index (χ3n) is 2.06. The van der Waals surface area contributed by atoms with Crippen LogP contribution in [0, 0.1) is 11.3 Å². The molecule has 0 amide bonds. The van der Waals surface area contributed by atoms with Crippen LogP contribution >= 0.6 is 0 Å². The summed E-state index contributed by atoms with van der Waals surface area (Å²) >= 11 is 0. The van der Waals surface area contributed by atoms with E-state index in [-0.39, 0.29) is 0 Å². The highest BCUT2D eigenvalue weighted by Gasteiger charge is 2.29. The first kappa shape index (κ1) is 10.2. The number of hydrogen-bond donors (Lipinski definition) is 2. The molecule has 0 saturated heterocycles. The van der Waals surface area contributed by atoms with Crippen molar-refractivity contribution in [3.8, 4) is 6.07 Å². The maximum absolute atomic E-state index is 10.8. The summed E-state index contributed by atoms with van der Waals surface area (Å²) in [5.74, 6) is -1.10. The Morgan fingerprint density at radius 1 is 1.50 bits per heavy atom. The first-order valence-corrected chi connectivity index (χ1v) is 4.01. The fraction of sp³-hybridized carbons (Fsp3) is 0.200. The number of carboxylic acid groups (broad SMARTS) is 1. The Morgan fingerprint density at radius 3 is 2.36 bits per heavy atom. The molecule has 14 heavy (non-hydrogen) atoms. The van der Waals surface area contributed by atoms with Gasteiger partial charge in [-0.1, -0.05) is 12.1 Å². The van der Waals surface area contributed by atoms with Crippen molar-refractivity contribution >= 4 is 5.97 Å². The largest absolute Gasteiger partial charge is 0.480 e. The van der Waals surface area contributed by atoms with Crippen molar-refractivity contribution in [1.82, 2.24) is 0 Å². The van der Waals surface area contributed by atoms with Gasteiger partial charge in [-0.3, -0.25) is 0 Å². The van der Waals surface area contributed by atoms with Gasteiger partial charge in [0.25, 0.3) is 0 Å². The zero-order valence-electron chi connectivity index (χ0n) is 7.69. The van der Waals surface area contributed by atoms with Crippen molar-refractivity contribution < 1.29 is 9.90 Å². The third-order valence-corrected chi connectivity index (χ3v) is 2.06. The van der Waals surface area contributed by atoms with Gasteiger partial charge in [-0.25, -0.2) is 4.79 Å². The van der Waals surface area contributed by atoms with Crippen LogP contribution in [0.15, 0.2) is 24.3 Å². The molecule has 0 aliphatic carbocycles. The number of aliphatic carboxylic acids is 1. The topological polar surface area (TPSA) is 87.1 Å². The van der Waals surface area contributed by atoms with E-state index in [1.54, 1.807) is 24.3 Å². The van der Waals surface area contributed by atoms with Gasteiger partial charge in [0, 0.05) is 0 Å². The molecule has 1 unspecified atom stereocenters. The minimum Gasteiger partial charge on any atom is -0.480 e. The van der Waals surface area contributed by atoms with Gasteiger partial charge in [-0.05, 0) is 24.6 Å². The lowest BCUT2D eigenvalue weighted by molar-refractivity contribution is -0.143. The average Bonchev–Trinajstić information content (AvgIpc) is 2.17. The number of nitrogens with zero attached hydrogens (tertiary/aromatic N) is 1. The molecule has 1 rings (SSSR count). The fourth-order valence-corrected chi connectivity index (χ4v) is 1.01. The van der Waals surface area contributed by atoms with Crippen LogP contribution in [0.2, 0.25) is 0 Å². The van der Waals surface area contributed by atoms with Crippen molar-refractivity contribution in [3.05, 3.63) is 35.4 Å². The highest BCUT2D eigenvalue weighted by molar-refractivity contribution is 5.79. The fourth-order valence-electron chi connectivity index (χ4n) is 1.01. The molecule has 0 aliphatic rings. The van der Waals surface area contributed by atoms with E-state index in [2.05, 4.69) is 0 Å². The quantitative estimate of drug-likeness (QED) is 0.722. The molecule has 0 bridgehead atoms. The molecule has 0 aliphatic heterocycles. The predicted molar refractivity (Wildman–Crippen MR) is 50.3 cm³/mol. The highest BCUT2D eigenvalue weighted by Crippen LogP contribution is 2.18. The van der Waals surface area contributed by atoms with Crippen LogP contribution in [-0.4, -0.2) is 11.1 Å². The van der Waals surface area contributed by atoms with E-state index in [1.165, 1.54) is 6.92 Å². The van der Waals surface area contributed by atoms with Crippen molar-refractivity contribution in [3.63, 3.8) is 0 Å². The van der Waals surface area contributed by atoms with E-state index in [4.69, 9.17) is 16.1 Å². The van der Waals surface area contributed by atoms with E-state index in [0.717, 1.165) is 0 Å². The molecular formula is C10H10N2O2. The SMILES string of the molecule is CC(N)(C(=O)O)c1ccc(C#N)cc1. The predicted octanol–water partition coefficient (Wildman–Crippen LogP) is 0.817. The zero-order chi connectivity index (χ0) is 10.8. The maximum atomic E-state index is 10.8. The molecule has 0 aromatic heterocycles. The summed E-state index contributed by atoms with van der Waals surface area (Å²) in [7, 11) is 0. The molecule has 0 fully saturated rings. The lowest BCUT2D eigenvalue weighted by atomic mass is 9.93. The van der Waals surface area contributed by atoms with Gasteiger partial charge >= 0.3 is 5.97 Å². The Balaban J connectivity index is 3.10. The van der Waals surface area contributed by atoms with Gasteiger partial charge < -0.3 is 10.8 Å². The summed E-state index contributed by atoms with van der Waals surface area (Å²) < 4.78 is 0. The molecule has 4 heteroatoms. The van der Waals surface area contributed by atoms with Crippen LogP contribution in [0.25, 0.3) is 0 Å². The molecule has 1 aromatic rings. The number of rotatable bonds is 2. The van der Waals surface area contributed by atoms with Crippen LogP contribution < -0.4 is 5.73 Å². The smallest absolute Gasteiger partial charge is 0.328 e. The second-order valence-corrected chi connectivity index (χ2v) is 3.20. The summed E-state index contributed by atoms with van der Waals surface area (Å²) in [4.78, 5) is 10.8. The molecule has 0 spiro atoms. The number of nitrogens with two attached hydrogens (primary N) is 1. The summed E-state index contributed by atoms with van der Waals surface area (Å²) in [5.41, 5.74) is 5.14. The van der Waals surface area contributed by atoms with Crippen LogP contribution in [0.1, 0.15) is 18.1 Å². The van der Waals surface area contributed by atoms with Crippen molar-refractivity contribution in [2.24, 2.45) is 5.73 Å². The molecular weight excluding hydrogens is 180 g/mol. The van der Waals surface area contributed by atoms with Gasteiger partial charge in [0.2, 0.25) is 0 Å². The summed E-state index contributed by atoms with van der Waals surface area (Å²) in [5, 5.41) is 17.4. The van der Waals surface area contributed by atoms with Crippen molar-refractivity contribution in [1.29, 1.82) is 5.26 Å². The molecule has 3 N–H and O–H groups in total. The maximum Gasteiger partial charge on any atom is 0.328 e. The van der Waals surface area contributed by atoms with E-state index in [0.29, 0.717) is 11.1 Å². The van der Waals surface area contributed by atoms with Gasteiger partial charge in [0.1, 0.15) is 5.54 Å². The number of benzene rings is 1. The third kappa shape index (κ3) is 1.73. The van der Waals surface area contributed by atoms with E-state index < -0.39 is 11.5 Å². The lowest BCUT2D eigenvalue weighted by Crippen LogP contribution is -2.41. The number of carboxylic acids is 1. The van der Waals surface area contributed by atoms with Gasteiger partial charge in [0.05, 0.1) is 11.6 Å². The number of hydrogen-bond acceptors (Lipinski definition) is 3. The monoisotopic (exact) mass is 190 g/mol. The molecule has 0 heterocycles. The van der Waals surface area contributed by atoms with Gasteiger partial charge in [0.15, 0.2) is 0 Å². The Bertz CT molecular complexity index is 388. The Hall–Kier alpha value is -1.86. The molecule has 4 nitrogen and oxygen atoms in total. The Morgan fingerprint density at radius 2 is 2.00 bits per heavy atom. The van der Waals surface area contributed by atoms with Crippen LogP contribution in [0.5, 0.6) is 0 Å². The molecule has 1 atom stereocenters. The molecule has 0 radical (unpaired) electrons. The summed E-state index contributed by atoms with van der Waals surface area (Å²) in [6.45, 7) is 1.41. The van der Waals surface area contributed by atoms with Gasteiger partial charge in [-0.2, -0.15) is 5.26 Å². The summed E-state index contributed by atoms with van der Waals surface area (Å²) in [6.07, 6.45) is 0. The second kappa shape index (κ2) is 3.48. The lowest BCUT2D eigenvalue weighted by Gasteiger charge is -2.19. The van der Waals surface area contributed by atoms with E-state index in [1.807, 2.05) is 6.07 Å². The molecule has 1 aromatic carbocycles. The highest BCUT2D eigenvalue weighted by atomic mass is 16.4. The van der Waals surface area contributed by atoms with Gasteiger partial charge in [-0.15, -0.1) is 0 Å². The van der Waals surface area contributed by atoms with E-state index in [9.17, 15) is 4.79 Å². The summed E-state index contributed by atoms with van der Waals surface area (Å²) in [6, 6.07) is 8.13. The minimum absolute atomic E-state index is 0.476. The van der Waals surface area contributed by atoms with Crippen molar-refractivity contribution in [2.75, 3.05) is 0 Å². The first-order valence-electron chi connectivity index (χ1n) is 4.01. The number of carbonyl (C=O) groups is 1. The average molecular weight is 190 g/mol. The normalized spacial score (nSPS) is 14.1. The number of nitriles is 1. The van der Waals surface area contributed by atoms with E-state index >= 15 is 0 Å². The standard InChI is InChI=1S/C10H10N2O2/c1-10(12,9(13)14)8-4-2-7(6-11)3-5-8/h2-5H,12H2,1H3,(H,13,14). The molecule has 72 valence electrons. The Kier molecular flexibility index (Phi) is 2.54. The zero-order valence-corrected chi connectivity index (χ0v) is 7.69. The van der Waals surface area contributed by atoms with Crippen molar-refractivity contribution in [2.45, 2.75) is 12.5 Å².